The predicted octanol–water partition coefficient (Wildman–Crippen LogP) is 3.04. The molecule has 1 aromatic carbocycles. The summed E-state index contributed by atoms with van der Waals surface area (Å²) in [6.07, 6.45) is -2.43. The molecule has 0 N–H and O–H groups in total. The largest absolute Gasteiger partial charge is 0.416 e. The smallest absolute Gasteiger partial charge is 0.340 e. The zero-order valence-corrected chi connectivity index (χ0v) is 11.4. The summed E-state index contributed by atoms with van der Waals surface area (Å²) in [5, 5.41) is 10.5. The first-order chi connectivity index (χ1) is 10.3. The minimum absolute atomic E-state index is 0.0689. The van der Waals surface area contributed by atoms with Crippen molar-refractivity contribution in [2.24, 2.45) is 0 Å². The summed E-state index contributed by atoms with van der Waals surface area (Å²) >= 11 is 0. The van der Waals surface area contributed by atoms with E-state index in [1.165, 1.54) is 30.1 Å². The zero-order valence-electron chi connectivity index (χ0n) is 11.4. The van der Waals surface area contributed by atoms with Crippen LogP contribution < -0.4 is 4.90 Å². The summed E-state index contributed by atoms with van der Waals surface area (Å²) in [7, 11) is 1.51. The molecule has 1 aromatic heterocycles. The lowest BCUT2D eigenvalue weighted by Gasteiger charge is -2.19. The van der Waals surface area contributed by atoms with Gasteiger partial charge in [-0.1, -0.05) is 18.2 Å². The first-order valence-corrected chi connectivity index (χ1v) is 6.11. The van der Waals surface area contributed by atoms with Crippen molar-refractivity contribution in [1.82, 2.24) is 9.97 Å². The predicted molar refractivity (Wildman–Crippen MR) is 72.2 cm³/mol. The summed E-state index contributed by atoms with van der Waals surface area (Å²) in [4.78, 5) is 18.8. The Morgan fingerprint density at radius 1 is 1.23 bits per heavy atom. The second kappa shape index (κ2) is 5.96. The standard InChI is InChI=1S/C13H11F3N4O2/c1-19(12-17-6-10(7-18-12)20(21)22)8-9-4-2-3-5-11(9)13(14,15)16/h2-7H,8H2,1H3. The van der Waals surface area contributed by atoms with Crippen LogP contribution in [0.15, 0.2) is 36.7 Å². The molecule has 0 aliphatic rings. The zero-order chi connectivity index (χ0) is 16.3. The van der Waals surface area contributed by atoms with Crippen LogP contribution in [0.1, 0.15) is 11.1 Å². The Morgan fingerprint density at radius 3 is 2.36 bits per heavy atom. The van der Waals surface area contributed by atoms with Gasteiger partial charge in [0.05, 0.1) is 10.5 Å². The fourth-order valence-electron chi connectivity index (χ4n) is 1.87. The molecule has 0 spiro atoms. The molecule has 0 saturated carbocycles. The van der Waals surface area contributed by atoms with E-state index in [2.05, 4.69) is 9.97 Å². The Labute approximate surface area is 123 Å². The van der Waals surface area contributed by atoms with Gasteiger partial charge in [0.2, 0.25) is 5.95 Å². The Morgan fingerprint density at radius 2 is 1.82 bits per heavy atom. The molecule has 1 heterocycles. The lowest BCUT2D eigenvalue weighted by atomic mass is 10.1. The topological polar surface area (TPSA) is 72.2 Å². The maximum atomic E-state index is 12.9. The normalized spacial score (nSPS) is 11.3. The molecule has 0 aliphatic carbocycles. The van der Waals surface area contributed by atoms with Crippen LogP contribution in [0, 0.1) is 10.1 Å². The van der Waals surface area contributed by atoms with Crippen molar-refractivity contribution in [2.75, 3.05) is 11.9 Å². The minimum Gasteiger partial charge on any atom is -0.340 e. The van der Waals surface area contributed by atoms with E-state index in [4.69, 9.17) is 0 Å². The third-order valence-corrected chi connectivity index (χ3v) is 2.91. The molecule has 6 nitrogen and oxygen atoms in total. The quantitative estimate of drug-likeness (QED) is 0.641. The van der Waals surface area contributed by atoms with Crippen LogP contribution in [-0.4, -0.2) is 21.9 Å². The van der Waals surface area contributed by atoms with Crippen molar-refractivity contribution in [3.05, 3.63) is 57.9 Å². The van der Waals surface area contributed by atoms with Crippen molar-refractivity contribution in [1.29, 1.82) is 0 Å². The van der Waals surface area contributed by atoms with Gasteiger partial charge in [-0.2, -0.15) is 13.2 Å². The summed E-state index contributed by atoms with van der Waals surface area (Å²) in [6.45, 7) is -0.0759. The SMILES string of the molecule is CN(Cc1ccccc1C(F)(F)F)c1ncc([N+](=O)[O-])cn1. The summed E-state index contributed by atoms with van der Waals surface area (Å²) in [5.74, 6) is 0.0996. The number of benzene rings is 1. The minimum atomic E-state index is -4.45. The second-order valence-electron chi connectivity index (χ2n) is 4.51. The lowest BCUT2D eigenvalue weighted by molar-refractivity contribution is -0.385. The van der Waals surface area contributed by atoms with Crippen molar-refractivity contribution in [2.45, 2.75) is 12.7 Å². The number of alkyl halides is 3. The maximum Gasteiger partial charge on any atom is 0.416 e. The molecule has 0 unspecified atom stereocenters. The molecular weight excluding hydrogens is 301 g/mol. The van der Waals surface area contributed by atoms with Crippen molar-refractivity contribution < 1.29 is 18.1 Å². The molecule has 2 rings (SSSR count). The lowest BCUT2D eigenvalue weighted by Crippen LogP contribution is -2.21. The number of nitro groups is 1. The number of rotatable bonds is 4. The number of anilines is 1. The molecule has 0 atom stereocenters. The Kier molecular flexibility index (Phi) is 4.25. The number of aromatic nitrogens is 2. The van der Waals surface area contributed by atoms with Crippen molar-refractivity contribution >= 4 is 11.6 Å². The van der Waals surface area contributed by atoms with E-state index in [1.54, 1.807) is 0 Å². The van der Waals surface area contributed by atoms with Crippen LogP contribution in [0.2, 0.25) is 0 Å². The molecule has 0 radical (unpaired) electrons. The van der Waals surface area contributed by atoms with Gasteiger partial charge in [-0.25, -0.2) is 9.97 Å². The van der Waals surface area contributed by atoms with Gasteiger partial charge in [0, 0.05) is 13.6 Å². The van der Waals surface area contributed by atoms with E-state index in [-0.39, 0.29) is 23.7 Å². The van der Waals surface area contributed by atoms with E-state index < -0.39 is 16.7 Å². The highest BCUT2D eigenvalue weighted by Crippen LogP contribution is 2.32. The molecule has 2 aromatic rings. The van der Waals surface area contributed by atoms with Crippen LogP contribution in [0.25, 0.3) is 0 Å². The van der Waals surface area contributed by atoms with Gasteiger partial charge in [-0.05, 0) is 11.6 Å². The highest BCUT2D eigenvalue weighted by molar-refractivity contribution is 5.37. The third-order valence-electron chi connectivity index (χ3n) is 2.91. The first kappa shape index (κ1) is 15.7. The number of hydrogen-bond donors (Lipinski definition) is 0. The first-order valence-electron chi connectivity index (χ1n) is 6.11. The fourth-order valence-corrected chi connectivity index (χ4v) is 1.87. The molecule has 22 heavy (non-hydrogen) atoms. The molecule has 0 aliphatic heterocycles. The Hall–Kier alpha value is -2.71. The van der Waals surface area contributed by atoms with Crippen LogP contribution in [0.4, 0.5) is 24.8 Å². The summed E-state index contributed by atoms with van der Waals surface area (Å²) < 4.78 is 38.8. The van der Waals surface area contributed by atoms with Gasteiger partial charge in [-0.15, -0.1) is 0 Å². The molecule has 0 fully saturated rings. The second-order valence-corrected chi connectivity index (χ2v) is 4.51. The van der Waals surface area contributed by atoms with E-state index in [9.17, 15) is 23.3 Å². The Bertz CT molecular complexity index is 674. The van der Waals surface area contributed by atoms with Crippen LogP contribution in [0.5, 0.6) is 0 Å². The molecule has 0 saturated heterocycles. The molecular formula is C13H11F3N4O2. The van der Waals surface area contributed by atoms with Gasteiger partial charge in [-0.3, -0.25) is 10.1 Å². The highest BCUT2D eigenvalue weighted by Gasteiger charge is 2.33. The summed E-state index contributed by atoms with van der Waals surface area (Å²) in [5.41, 5.74) is -0.948. The Balaban J connectivity index is 2.22. The van der Waals surface area contributed by atoms with Gasteiger partial charge >= 0.3 is 11.9 Å². The van der Waals surface area contributed by atoms with Crippen molar-refractivity contribution in [3.63, 3.8) is 0 Å². The molecule has 116 valence electrons. The number of nitrogens with zero attached hydrogens (tertiary/aromatic N) is 4. The van der Waals surface area contributed by atoms with Gasteiger partial charge in [0.15, 0.2) is 0 Å². The van der Waals surface area contributed by atoms with Crippen LogP contribution in [0.3, 0.4) is 0 Å². The van der Waals surface area contributed by atoms with E-state index in [0.717, 1.165) is 18.5 Å². The van der Waals surface area contributed by atoms with Gasteiger partial charge < -0.3 is 4.90 Å². The van der Waals surface area contributed by atoms with E-state index in [1.807, 2.05) is 0 Å². The van der Waals surface area contributed by atoms with E-state index in [0.29, 0.717) is 0 Å². The van der Waals surface area contributed by atoms with E-state index >= 15 is 0 Å². The van der Waals surface area contributed by atoms with Crippen LogP contribution >= 0.6 is 0 Å². The van der Waals surface area contributed by atoms with Gasteiger partial charge in [0.1, 0.15) is 12.4 Å². The van der Waals surface area contributed by atoms with Crippen molar-refractivity contribution in [3.8, 4) is 0 Å². The highest BCUT2D eigenvalue weighted by atomic mass is 19.4. The fraction of sp³-hybridized carbons (Fsp3) is 0.231. The number of halogens is 3. The van der Waals surface area contributed by atoms with Crippen LogP contribution in [-0.2, 0) is 12.7 Å². The molecule has 9 heteroatoms. The van der Waals surface area contributed by atoms with Gasteiger partial charge in [0.25, 0.3) is 0 Å². The monoisotopic (exact) mass is 312 g/mol. The maximum absolute atomic E-state index is 12.9. The average molecular weight is 312 g/mol. The average Bonchev–Trinajstić information content (AvgIpc) is 2.46. The summed E-state index contributed by atoms with van der Waals surface area (Å²) in [6, 6.07) is 5.19. The third kappa shape index (κ3) is 3.48. The number of hydrogen-bond acceptors (Lipinski definition) is 5. The molecule has 0 amide bonds. The molecule has 0 bridgehead atoms.